The van der Waals surface area contributed by atoms with Crippen LogP contribution in [-0.4, -0.2) is 25.0 Å². The first kappa shape index (κ1) is 12.3. The van der Waals surface area contributed by atoms with Gasteiger partial charge < -0.3 is 16.8 Å². The highest BCUT2D eigenvalue weighted by Gasteiger charge is 2.07. The molecule has 1 amide bonds. The van der Waals surface area contributed by atoms with Crippen LogP contribution in [0.15, 0.2) is 29.3 Å². The van der Waals surface area contributed by atoms with Gasteiger partial charge in [-0.3, -0.25) is 9.79 Å². The Labute approximate surface area is 98.5 Å². The Morgan fingerprint density at radius 1 is 1.38 bits per heavy atom. The predicted octanol–water partition coefficient (Wildman–Crippen LogP) is 0.343. The molecule has 1 rings (SSSR count). The minimum absolute atomic E-state index is 0.00647. The van der Waals surface area contributed by atoms with Gasteiger partial charge in [0.25, 0.3) is 5.91 Å². The third-order valence-corrected chi connectivity index (χ3v) is 2.14. The minimum atomic E-state index is -0.239. The lowest BCUT2D eigenvalue weighted by Gasteiger charge is -2.04. The molecule has 0 aliphatic heterocycles. The monoisotopic (exact) mass is 240 g/mol. The van der Waals surface area contributed by atoms with E-state index in [1.54, 1.807) is 24.3 Å². The van der Waals surface area contributed by atoms with Crippen molar-refractivity contribution in [1.29, 1.82) is 0 Å². The molecule has 0 unspecified atom stereocenters. The molecule has 0 saturated carbocycles. The van der Waals surface area contributed by atoms with Gasteiger partial charge in [-0.1, -0.05) is 23.7 Å². The predicted molar refractivity (Wildman–Crippen MR) is 64.5 cm³/mol. The van der Waals surface area contributed by atoms with Gasteiger partial charge in [0.15, 0.2) is 5.96 Å². The van der Waals surface area contributed by atoms with Crippen LogP contribution in [0.5, 0.6) is 0 Å². The lowest BCUT2D eigenvalue weighted by atomic mass is 10.2. The fourth-order valence-electron chi connectivity index (χ4n) is 1.10. The molecule has 0 heterocycles. The van der Waals surface area contributed by atoms with Crippen molar-refractivity contribution in [2.75, 3.05) is 13.1 Å². The molecule has 0 radical (unpaired) electrons. The van der Waals surface area contributed by atoms with Gasteiger partial charge in [-0.25, -0.2) is 0 Å². The van der Waals surface area contributed by atoms with Gasteiger partial charge >= 0.3 is 0 Å². The van der Waals surface area contributed by atoms with E-state index in [9.17, 15) is 4.79 Å². The van der Waals surface area contributed by atoms with Crippen LogP contribution in [0, 0.1) is 0 Å². The molecule has 1 aromatic rings. The van der Waals surface area contributed by atoms with Crippen molar-refractivity contribution in [2.24, 2.45) is 16.5 Å². The Hall–Kier alpha value is -1.75. The summed E-state index contributed by atoms with van der Waals surface area (Å²) in [5, 5.41) is 3.07. The normalized spacial score (nSPS) is 9.56. The molecule has 0 aliphatic carbocycles. The van der Waals surface area contributed by atoms with Crippen LogP contribution >= 0.6 is 11.6 Å². The first-order chi connectivity index (χ1) is 7.61. The zero-order valence-corrected chi connectivity index (χ0v) is 9.37. The summed E-state index contributed by atoms with van der Waals surface area (Å²) in [7, 11) is 0. The van der Waals surface area contributed by atoms with Crippen molar-refractivity contribution in [3.8, 4) is 0 Å². The molecule has 0 bridgehead atoms. The summed E-state index contributed by atoms with van der Waals surface area (Å²) in [6.07, 6.45) is 0. The van der Waals surface area contributed by atoms with Gasteiger partial charge in [0, 0.05) is 6.54 Å². The Morgan fingerprint density at radius 3 is 2.69 bits per heavy atom. The fraction of sp³-hybridized carbons (Fsp3) is 0.200. The molecule has 0 aromatic heterocycles. The Balaban J connectivity index is 2.48. The molecule has 1 aromatic carbocycles. The maximum Gasteiger partial charge on any atom is 0.252 e. The highest BCUT2D eigenvalue weighted by molar-refractivity contribution is 6.33. The van der Waals surface area contributed by atoms with Crippen molar-refractivity contribution < 1.29 is 4.79 Å². The van der Waals surface area contributed by atoms with E-state index in [0.29, 0.717) is 23.7 Å². The van der Waals surface area contributed by atoms with E-state index in [0.717, 1.165) is 0 Å². The summed E-state index contributed by atoms with van der Waals surface area (Å²) in [6, 6.07) is 6.82. The van der Waals surface area contributed by atoms with E-state index in [2.05, 4.69) is 10.3 Å². The number of carbonyl (C=O) groups excluding carboxylic acids is 1. The maximum atomic E-state index is 11.6. The van der Waals surface area contributed by atoms with Crippen molar-refractivity contribution >= 4 is 23.5 Å². The number of nitrogens with one attached hydrogen (secondary N) is 1. The second kappa shape index (κ2) is 5.97. The number of amides is 1. The number of aliphatic imine (C=N–C) groups is 1. The summed E-state index contributed by atoms with van der Waals surface area (Å²) in [5.41, 5.74) is 10.7. The van der Waals surface area contributed by atoms with Gasteiger partial charge in [0.1, 0.15) is 0 Å². The number of halogens is 1. The summed E-state index contributed by atoms with van der Waals surface area (Å²) < 4.78 is 0. The largest absolute Gasteiger partial charge is 0.370 e. The zero-order chi connectivity index (χ0) is 12.0. The summed E-state index contributed by atoms with van der Waals surface area (Å²) in [6.45, 7) is 0.709. The fourth-order valence-corrected chi connectivity index (χ4v) is 1.32. The van der Waals surface area contributed by atoms with E-state index in [1.165, 1.54) is 0 Å². The first-order valence-electron chi connectivity index (χ1n) is 4.69. The maximum absolute atomic E-state index is 11.6. The van der Waals surface area contributed by atoms with E-state index in [-0.39, 0.29) is 11.9 Å². The topological polar surface area (TPSA) is 93.5 Å². The summed E-state index contributed by atoms with van der Waals surface area (Å²) in [5.74, 6) is -0.233. The van der Waals surface area contributed by atoms with E-state index < -0.39 is 0 Å². The number of hydrogen-bond donors (Lipinski definition) is 3. The van der Waals surface area contributed by atoms with Crippen LogP contribution in [0.2, 0.25) is 5.02 Å². The van der Waals surface area contributed by atoms with Gasteiger partial charge in [-0.2, -0.15) is 0 Å². The average Bonchev–Trinajstić information content (AvgIpc) is 2.24. The van der Waals surface area contributed by atoms with Crippen molar-refractivity contribution in [2.45, 2.75) is 0 Å². The number of guanidine groups is 1. The molecule has 86 valence electrons. The van der Waals surface area contributed by atoms with Crippen LogP contribution in [0.4, 0.5) is 0 Å². The van der Waals surface area contributed by atoms with Crippen LogP contribution < -0.4 is 16.8 Å². The number of carbonyl (C=O) groups is 1. The van der Waals surface area contributed by atoms with Gasteiger partial charge in [0.2, 0.25) is 0 Å². The molecule has 0 aliphatic rings. The highest BCUT2D eigenvalue weighted by atomic mass is 35.5. The molecule has 5 nitrogen and oxygen atoms in total. The molecule has 6 heteroatoms. The number of hydrogen-bond acceptors (Lipinski definition) is 2. The number of nitrogens with two attached hydrogens (primary N) is 2. The minimum Gasteiger partial charge on any atom is -0.370 e. The average molecular weight is 241 g/mol. The number of rotatable bonds is 4. The second-order valence-electron chi connectivity index (χ2n) is 3.04. The van der Waals surface area contributed by atoms with Crippen LogP contribution in [0.25, 0.3) is 0 Å². The Bertz CT molecular complexity index is 402. The Kier molecular flexibility index (Phi) is 4.60. The van der Waals surface area contributed by atoms with Gasteiger partial charge in [0.05, 0.1) is 17.1 Å². The smallest absolute Gasteiger partial charge is 0.252 e. The third-order valence-electron chi connectivity index (χ3n) is 1.81. The summed E-state index contributed by atoms with van der Waals surface area (Å²) in [4.78, 5) is 15.3. The van der Waals surface area contributed by atoms with Crippen LogP contribution in [0.1, 0.15) is 10.4 Å². The molecule has 5 N–H and O–H groups in total. The molecule has 0 saturated heterocycles. The molecular weight excluding hydrogens is 228 g/mol. The Morgan fingerprint density at radius 2 is 2.06 bits per heavy atom. The van der Waals surface area contributed by atoms with Crippen LogP contribution in [0.3, 0.4) is 0 Å². The highest BCUT2D eigenvalue weighted by Crippen LogP contribution is 2.14. The zero-order valence-electron chi connectivity index (χ0n) is 8.61. The van der Waals surface area contributed by atoms with Gasteiger partial charge in [-0.15, -0.1) is 0 Å². The van der Waals surface area contributed by atoms with Gasteiger partial charge in [-0.05, 0) is 12.1 Å². The molecule has 0 atom stereocenters. The second-order valence-corrected chi connectivity index (χ2v) is 3.45. The van der Waals surface area contributed by atoms with Crippen molar-refractivity contribution in [3.05, 3.63) is 34.9 Å². The molecule has 16 heavy (non-hydrogen) atoms. The van der Waals surface area contributed by atoms with E-state index in [1.807, 2.05) is 0 Å². The standard InChI is InChI=1S/C10H13ClN4O/c11-8-4-2-1-3-7(8)9(16)14-5-6-15-10(12)13/h1-4H,5-6H2,(H,14,16)(H4,12,13,15). The van der Waals surface area contributed by atoms with E-state index >= 15 is 0 Å². The van der Waals surface area contributed by atoms with Crippen molar-refractivity contribution in [3.63, 3.8) is 0 Å². The molecule has 0 fully saturated rings. The lowest BCUT2D eigenvalue weighted by Crippen LogP contribution is -2.28. The number of nitrogens with zero attached hydrogens (tertiary/aromatic N) is 1. The number of benzene rings is 1. The molecule has 0 spiro atoms. The third kappa shape index (κ3) is 3.78. The first-order valence-corrected chi connectivity index (χ1v) is 5.07. The lowest BCUT2D eigenvalue weighted by molar-refractivity contribution is 0.0955. The van der Waals surface area contributed by atoms with E-state index in [4.69, 9.17) is 23.1 Å². The molecular formula is C10H13ClN4O. The quantitative estimate of drug-likeness (QED) is 0.403. The SMILES string of the molecule is NC(N)=NCCNC(=O)c1ccccc1Cl. The summed E-state index contributed by atoms with van der Waals surface area (Å²) >= 11 is 5.85. The van der Waals surface area contributed by atoms with Crippen LogP contribution in [-0.2, 0) is 0 Å². The van der Waals surface area contributed by atoms with Crippen molar-refractivity contribution in [1.82, 2.24) is 5.32 Å².